The maximum Gasteiger partial charge on any atom is 0.225 e. The Hall–Kier alpha value is -0.610. The van der Waals surface area contributed by atoms with Crippen LogP contribution in [0.3, 0.4) is 0 Å². The topological polar surface area (TPSA) is 41.6 Å². The van der Waals surface area contributed by atoms with Crippen molar-refractivity contribution >= 4 is 5.91 Å². The smallest absolute Gasteiger partial charge is 0.225 e. The zero-order chi connectivity index (χ0) is 11.4. The quantitative estimate of drug-likeness (QED) is 0.769. The Kier molecular flexibility index (Phi) is 4.18. The molecule has 2 heterocycles. The van der Waals surface area contributed by atoms with Crippen molar-refractivity contribution in [3.8, 4) is 0 Å². The van der Waals surface area contributed by atoms with Crippen molar-refractivity contribution < 1.29 is 9.53 Å². The van der Waals surface area contributed by atoms with Crippen molar-refractivity contribution in [2.45, 2.75) is 44.8 Å². The molecule has 0 aliphatic carbocycles. The average Bonchev–Trinajstić information content (AvgIpc) is 2.91. The fourth-order valence-electron chi connectivity index (χ4n) is 2.66. The molecule has 2 saturated heterocycles. The van der Waals surface area contributed by atoms with Crippen LogP contribution in [0.15, 0.2) is 0 Å². The van der Waals surface area contributed by atoms with Crippen LogP contribution in [0.2, 0.25) is 0 Å². The second kappa shape index (κ2) is 5.64. The number of carbonyl (C=O) groups excluding carboxylic acids is 1. The summed E-state index contributed by atoms with van der Waals surface area (Å²) in [7, 11) is 0. The van der Waals surface area contributed by atoms with Crippen LogP contribution < -0.4 is 5.32 Å². The van der Waals surface area contributed by atoms with E-state index in [1.165, 1.54) is 0 Å². The highest BCUT2D eigenvalue weighted by molar-refractivity contribution is 5.77. The van der Waals surface area contributed by atoms with E-state index in [-0.39, 0.29) is 12.0 Å². The standard InChI is InChI=1S/C12H22N2O2/c1-2-14(10-5-6-13-9-10)12(15)8-11-4-3-7-16-11/h10-11,13H,2-9H2,1H3. The molecule has 2 fully saturated rings. The Morgan fingerprint density at radius 2 is 2.38 bits per heavy atom. The molecule has 0 spiro atoms. The molecule has 0 aromatic heterocycles. The van der Waals surface area contributed by atoms with E-state index in [2.05, 4.69) is 12.2 Å². The van der Waals surface area contributed by atoms with Crippen LogP contribution >= 0.6 is 0 Å². The van der Waals surface area contributed by atoms with E-state index in [4.69, 9.17) is 4.74 Å². The summed E-state index contributed by atoms with van der Waals surface area (Å²) in [5.41, 5.74) is 0. The number of ether oxygens (including phenoxy) is 1. The number of rotatable bonds is 4. The van der Waals surface area contributed by atoms with Gasteiger partial charge in [-0.15, -0.1) is 0 Å². The van der Waals surface area contributed by atoms with Gasteiger partial charge in [0.05, 0.1) is 12.5 Å². The summed E-state index contributed by atoms with van der Waals surface area (Å²) >= 11 is 0. The summed E-state index contributed by atoms with van der Waals surface area (Å²) in [6.45, 7) is 5.69. The predicted molar refractivity (Wildman–Crippen MR) is 62.3 cm³/mol. The van der Waals surface area contributed by atoms with E-state index < -0.39 is 0 Å². The van der Waals surface area contributed by atoms with Crippen LogP contribution in [0, 0.1) is 0 Å². The van der Waals surface area contributed by atoms with Gasteiger partial charge < -0.3 is 15.0 Å². The Morgan fingerprint density at radius 1 is 1.50 bits per heavy atom. The molecule has 0 saturated carbocycles. The molecule has 16 heavy (non-hydrogen) atoms. The largest absolute Gasteiger partial charge is 0.378 e. The van der Waals surface area contributed by atoms with Crippen LogP contribution in [-0.4, -0.2) is 49.2 Å². The first-order valence-electron chi connectivity index (χ1n) is 6.43. The Morgan fingerprint density at radius 3 is 2.94 bits per heavy atom. The first-order chi connectivity index (χ1) is 7.81. The lowest BCUT2D eigenvalue weighted by molar-refractivity contribution is -0.135. The lowest BCUT2D eigenvalue weighted by Crippen LogP contribution is -2.42. The number of amides is 1. The van der Waals surface area contributed by atoms with Crippen molar-refractivity contribution in [3.63, 3.8) is 0 Å². The first kappa shape index (κ1) is 11.9. The van der Waals surface area contributed by atoms with Gasteiger partial charge in [0.25, 0.3) is 0 Å². The van der Waals surface area contributed by atoms with Gasteiger partial charge in [0.1, 0.15) is 0 Å². The van der Waals surface area contributed by atoms with Gasteiger partial charge in [0.2, 0.25) is 5.91 Å². The molecule has 2 atom stereocenters. The highest BCUT2D eigenvalue weighted by Gasteiger charge is 2.28. The third kappa shape index (κ3) is 2.74. The zero-order valence-electron chi connectivity index (χ0n) is 10.1. The molecular formula is C12H22N2O2. The van der Waals surface area contributed by atoms with E-state index in [0.29, 0.717) is 12.5 Å². The molecular weight excluding hydrogens is 204 g/mol. The maximum absolute atomic E-state index is 12.1. The van der Waals surface area contributed by atoms with E-state index in [9.17, 15) is 4.79 Å². The van der Waals surface area contributed by atoms with E-state index in [1.54, 1.807) is 0 Å². The fraction of sp³-hybridized carbons (Fsp3) is 0.917. The van der Waals surface area contributed by atoms with Gasteiger partial charge in [-0.25, -0.2) is 0 Å². The van der Waals surface area contributed by atoms with Gasteiger partial charge in [-0.2, -0.15) is 0 Å². The molecule has 0 aromatic rings. The molecule has 4 nitrogen and oxygen atoms in total. The molecule has 2 unspecified atom stereocenters. The monoisotopic (exact) mass is 226 g/mol. The van der Waals surface area contributed by atoms with E-state index in [0.717, 1.165) is 45.5 Å². The van der Waals surface area contributed by atoms with Crippen LogP contribution in [0.25, 0.3) is 0 Å². The lowest BCUT2D eigenvalue weighted by Gasteiger charge is -2.28. The van der Waals surface area contributed by atoms with Gasteiger partial charge in [-0.05, 0) is 32.7 Å². The van der Waals surface area contributed by atoms with Gasteiger partial charge in [0.15, 0.2) is 0 Å². The van der Waals surface area contributed by atoms with Crippen molar-refractivity contribution in [1.82, 2.24) is 10.2 Å². The molecule has 92 valence electrons. The summed E-state index contributed by atoms with van der Waals surface area (Å²) in [6, 6.07) is 0.402. The second-order valence-corrected chi connectivity index (χ2v) is 4.67. The van der Waals surface area contributed by atoms with Crippen molar-refractivity contribution in [1.29, 1.82) is 0 Å². The Balaban J connectivity index is 1.84. The Bertz CT molecular complexity index is 233. The maximum atomic E-state index is 12.1. The number of nitrogens with zero attached hydrogens (tertiary/aromatic N) is 1. The van der Waals surface area contributed by atoms with Crippen molar-refractivity contribution in [2.24, 2.45) is 0 Å². The molecule has 0 radical (unpaired) electrons. The molecule has 2 aliphatic heterocycles. The van der Waals surface area contributed by atoms with Gasteiger partial charge >= 0.3 is 0 Å². The van der Waals surface area contributed by atoms with Gasteiger partial charge in [-0.1, -0.05) is 0 Å². The molecule has 2 aliphatic rings. The fourth-order valence-corrected chi connectivity index (χ4v) is 2.66. The molecule has 0 aromatic carbocycles. The molecule has 1 N–H and O–H groups in total. The highest BCUT2D eigenvalue weighted by atomic mass is 16.5. The minimum Gasteiger partial charge on any atom is -0.378 e. The highest BCUT2D eigenvalue weighted by Crippen LogP contribution is 2.18. The van der Waals surface area contributed by atoms with Crippen LogP contribution in [-0.2, 0) is 9.53 Å². The SMILES string of the molecule is CCN(C(=O)CC1CCCO1)C1CCNC1. The van der Waals surface area contributed by atoms with Crippen molar-refractivity contribution in [3.05, 3.63) is 0 Å². The number of hydrogen-bond donors (Lipinski definition) is 1. The van der Waals surface area contributed by atoms with E-state index in [1.807, 2.05) is 4.90 Å². The van der Waals surface area contributed by atoms with Crippen LogP contribution in [0.5, 0.6) is 0 Å². The number of nitrogens with one attached hydrogen (secondary N) is 1. The van der Waals surface area contributed by atoms with Crippen LogP contribution in [0.1, 0.15) is 32.6 Å². The average molecular weight is 226 g/mol. The summed E-state index contributed by atoms with van der Waals surface area (Å²) in [5, 5.41) is 3.31. The summed E-state index contributed by atoms with van der Waals surface area (Å²) in [4.78, 5) is 14.2. The molecule has 0 bridgehead atoms. The zero-order valence-corrected chi connectivity index (χ0v) is 10.1. The summed E-state index contributed by atoms with van der Waals surface area (Å²) in [6.07, 6.45) is 3.99. The third-order valence-electron chi connectivity index (χ3n) is 3.56. The minimum absolute atomic E-state index is 0.177. The van der Waals surface area contributed by atoms with E-state index >= 15 is 0 Å². The summed E-state index contributed by atoms with van der Waals surface area (Å²) < 4.78 is 5.52. The number of carbonyl (C=O) groups is 1. The lowest BCUT2D eigenvalue weighted by atomic mass is 10.1. The molecule has 2 rings (SSSR count). The van der Waals surface area contributed by atoms with Gasteiger partial charge in [-0.3, -0.25) is 4.79 Å². The second-order valence-electron chi connectivity index (χ2n) is 4.67. The third-order valence-corrected chi connectivity index (χ3v) is 3.56. The number of likely N-dealkylation sites (N-methyl/N-ethyl adjacent to an activating group) is 1. The predicted octanol–water partition coefficient (Wildman–Crippen LogP) is 0.766. The summed E-state index contributed by atoms with van der Waals surface area (Å²) in [5.74, 6) is 0.267. The molecule has 1 amide bonds. The van der Waals surface area contributed by atoms with Crippen LogP contribution in [0.4, 0.5) is 0 Å². The molecule has 4 heteroatoms. The normalized spacial score (nSPS) is 29.6. The Labute approximate surface area is 97.3 Å². The number of hydrogen-bond acceptors (Lipinski definition) is 3. The first-order valence-corrected chi connectivity index (χ1v) is 6.43. The minimum atomic E-state index is 0.177. The van der Waals surface area contributed by atoms with Gasteiger partial charge in [0, 0.05) is 25.7 Å². The van der Waals surface area contributed by atoms with Crippen molar-refractivity contribution in [2.75, 3.05) is 26.2 Å².